The van der Waals surface area contributed by atoms with Crippen molar-refractivity contribution in [2.24, 2.45) is 0 Å². The van der Waals surface area contributed by atoms with Gasteiger partial charge in [0.15, 0.2) is 0 Å². The Labute approximate surface area is 213 Å². The third-order valence-electron chi connectivity index (χ3n) is 4.96. The van der Waals surface area contributed by atoms with Gasteiger partial charge < -0.3 is 24.5 Å². The lowest BCUT2D eigenvalue weighted by molar-refractivity contribution is -0.131. The minimum absolute atomic E-state index is 0.224. The van der Waals surface area contributed by atoms with E-state index in [-0.39, 0.29) is 11.6 Å². The van der Waals surface area contributed by atoms with Crippen molar-refractivity contribution in [3.63, 3.8) is 0 Å². The minimum Gasteiger partial charge on any atom is -0.457 e. The number of thiocarbonyl (C=S) groups is 1. The highest BCUT2D eigenvalue weighted by molar-refractivity contribution is 7.78. The average Bonchev–Trinajstić information content (AvgIpc) is 3.38. The van der Waals surface area contributed by atoms with Gasteiger partial charge >= 0.3 is 0 Å². The van der Waals surface area contributed by atoms with E-state index in [1.807, 2.05) is 81.4 Å². The largest absolute Gasteiger partial charge is 0.457 e. The molecule has 0 fully saturated rings. The quantitative estimate of drug-likeness (QED) is 0.246. The van der Waals surface area contributed by atoms with Gasteiger partial charge in [0, 0.05) is 25.8 Å². The van der Waals surface area contributed by atoms with Crippen molar-refractivity contribution >= 4 is 36.0 Å². The number of furan rings is 1. The van der Waals surface area contributed by atoms with Gasteiger partial charge in [-0.25, -0.2) is 0 Å². The molecule has 0 aliphatic rings. The van der Waals surface area contributed by atoms with Crippen LogP contribution in [0.25, 0.3) is 17.4 Å². The second-order valence-corrected chi connectivity index (χ2v) is 7.43. The fraction of sp³-hybridized carbons (Fsp3) is 0.250. The molecular formula is C28H34N2O4S. The normalized spacial score (nSPS) is 11.1. The van der Waals surface area contributed by atoms with Gasteiger partial charge in [-0.3, -0.25) is 4.79 Å². The molecular weight excluding hydrogens is 460 g/mol. The standard InChI is InChI=1S/C25H24N2O3S.C2H6.CH4O/c1-18-8-10-20(11-9-18)24-13-12-22(30-24)15-23(26-17-31)25(29)27(2)21(16-28)14-19-6-4-3-5-7-19;2*1-2/h3-13,15-17,21H,14H2,1-2H3,(H,26,31);1-2H3;2H,1H3/b23-15+;;. The van der Waals surface area contributed by atoms with E-state index in [9.17, 15) is 9.59 Å². The molecule has 0 aliphatic heterocycles. The van der Waals surface area contributed by atoms with Crippen molar-refractivity contribution in [1.82, 2.24) is 10.2 Å². The Morgan fingerprint density at radius 1 is 1.06 bits per heavy atom. The molecule has 3 aromatic rings. The van der Waals surface area contributed by atoms with Crippen LogP contribution in [0.15, 0.2) is 76.8 Å². The van der Waals surface area contributed by atoms with Crippen LogP contribution < -0.4 is 5.32 Å². The molecule has 0 bridgehead atoms. The molecule has 0 aliphatic carbocycles. The topological polar surface area (TPSA) is 82.8 Å². The number of aliphatic hydroxyl groups is 1. The first-order valence-corrected chi connectivity index (χ1v) is 11.8. The first-order chi connectivity index (χ1) is 17.0. The monoisotopic (exact) mass is 494 g/mol. The maximum atomic E-state index is 13.1. The molecule has 1 amide bonds. The predicted molar refractivity (Wildman–Crippen MR) is 146 cm³/mol. The minimum atomic E-state index is -0.607. The number of aldehydes is 1. The van der Waals surface area contributed by atoms with Crippen LogP contribution in [-0.2, 0) is 16.0 Å². The number of hydrogen-bond donors (Lipinski definition) is 2. The molecule has 0 spiro atoms. The third kappa shape index (κ3) is 8.96. The van der Waals surface area contributed by atoms with E-state index in [1.165, 1.54) is 10.4 Å². The zero-order chi connectivity index (χ0) is 26.2. The highest BCUT2D eigenvalue weighted by Crippen LogP contribution is 2.24. The Morgan fingerprint density at radius 2 is 1.69 bits per heavy atom. The van der Waals surface area contributed by atoms with Crippen LogP contribution in [0.1, 0.15) is 30.7 Å². The summed E-state index contributed by atoms with van der Waals surface area (Å²) < 4.78 is 5.89. The summed E-state index contributed by atoms with van der Waals surface area (Å²) in [4.78, 5) is 26.2. The van der Waals surface area contributed by atoms with Gasteiger partial charge in [0.2, 0.25) is 0 Å². The Hall–Kier alpha value is -3.55. The van der Waals surface area contributed by atoms with Crippen molar-refractivity contribution in [3.05, 3.63) is 89.3 Å². The first-order valence-electron chi connectivity index (χ1n) is 11.3. The van der Waals surface area contributed by atoms with Gasteiger partial charge in [-0.15, -0.1) is 0 Å². The number of likely N-dealkylation sites (N-methyl/N-ethyl adjacent to an activating group) is 1. The molecule has 0 radical (unpaired) electrons. The number of aryl methyl sites for hydroxylation is 1. The lowest BCUT2D eigenvalue weighted by Gasteiger charge is -2.25. The van der Waals surface area contributed by atoms with E-state index in [4.69, 9.17) is 21.7 Å². The maximum absolute atomic E-state index is 13.1. The zero-order valence-electron chi connectivity index (χ0n) is 20.9. The van der Waals surface area contributed by atoms with Crippen LogP contribution in [0, 0.1) is 6.92 Å². The van der Waals surface area contributed by atoms with Crippen molar-refractivity contribution < 1.29 is 19.1 Å². The smallest absolute Gasteiger partial charge is 0.270 e. The Balaban J connectivity index is 0.00000145. The summed E-state index contributed by atoms with van der Waals surface area (Å²) in [7, 11) is 2.60. The summed E-state index contributed by atoms with van der Waals surface area (Å²) >= 11 is 4.90. The van der Waals surface area contributed by atoms with Crippen molar-refractivity contribution in [2.45, 2.75) is 33.2 Å². The van der Waals surface area contributed by atoms with Crippen LogP contribution in [0.4, 0.5) is 0 Å². The fourth-order valence-corrected chi connectivity index (χ4v) is 3.27. The molecule has 0 saturated heterocycles. The molecule has 2 aromatic carbocycles. The van der Waals surface area contributed by atoms with Gasteiger partial charge in [0.1, 0.15) is 23.5 Å². The van der Waals surface area contributed by atoms with Gasteiger partial charge in [-0.1, -0.05) is 86.2 Å². The van der Waals surface area contributed by atoms with Crippen LogP contribution in [0.2, 0.25) is 0 Å². The molecule has 1 atom stereocenters. The van der Waals surface area contributed by atoms with Gasteiger partial charge in [0.05, 0.1) is 11.5 Å². The molecule has 7 heteroatoms. The Kier molecular flexibility index (Phi) is 13.6. The number of nitrogens with zero attached hydrogens (tertiary/aromatic N) is 1. The number of carbonyl (C=O) groups excluding carboxylic acids is 2. The lowest BCUT2D eigenvalue weighted by atomic mass is 10.1. The van der Waals surface area contributed by atoms with Crippen LogP contribution in [0.5, 0.6) is 0 Å². The molecule has 35 heavy (non-hydrogen) atoms. The maximum Gasteiger partial charge on any atom is 0.270 e. The summed E-state index contributed by atoms with van der Waals surface area (Å²) in [6.45, 7) is 6.02. The van der Waals surface area contributed by atoms with E-state index < -0.39 is 6.04 Å². The number of hydrogen-bond acceptors (Lipinski definition) is 5. The second-order valence-electron chi connectivity index (χ2n) is 7.20. The van der Waals surface area contributed by atoms with E-state index in [2.05, 4.69) is 5.32 Å². The zero-order valence-corrected chi connectivity index (χ0v) is 21.7. The Morgan fingerprint density at radius 3 is 2.26 bits per heavy atom. The molecule has 6 nitrogen and oxygen atoms in total. The van der Waals surface area contributed by atoms with Crippen molar-refractivity contribution in [3.8, 4) is 11.3 Å². The number of nitrogens with one attached hydrogen (secondary N) is 1. The van der Waals surface area contributed by atoms with E-state index in [0.29, 0.717) is 17.9 Å². The summed E-state index contributed by atoms with van der Waals surface area (Å²) in [5.41, 5.74) is 4.57. The van der Waals surface area contributed by atoms with Crippen molar-refractivity contribution in [1.29, 1.82) is 0 Å². The van der Waals surface area contributed by atoms with E-state index in [1.54, 1.807) is 19.2 Å². The van der Waals surface area contributed by atoms with Crippen LogP contribution >= 0.6 is 12.2 Å². The Bertz CT molecular complexity index is 1080. The van der Waals surface area contributed by atoms with Gasteiger partial charge in [0.25, 0.3) is 5.91 Å². The molecule has 1 aromatic heterocycles. The fourth-order valence-electron chi connectivity index (χ4n) is 3.15. The average molecular weight is 495 g/mol. The molecule has 3 rings (SSSR count). The number of benzene rings is 2. The SMILES string of the molecule is CC.CO.Cc1ccc(-c2ccc(/C=C(/NC=S)C(=O)N(C)C(C=O)Cc3ccccc3)o2)cc1. The summed E-state index contributed by atoms with van der Waals surface area (Å²) in [5.74, 6) is 0.841. The van der Waals surface area contributed by atoms with Crippen molar-refractivity contribution in [2.75, 3.05) is 14.2 Å². The number of rotatable bonds is 9. The number of carbonyl (C=O) groups is 2. The lowest BCUT2D eigenvalue weighted by Crippen LogP contribution is -2.42. The molecule has 0 saturated carbocycles. The number of amides is 1. The predicted octanol–water partition coefficient (Wildman–Crippen LogP) is 5.05. The molecule has 1 heterocycles. The van der Waals surface area contributed by atoms with Crippen LogP contribution in [-0.4, -0.2) is 47.9 Å². The van der Waals surface area contributed by atoms with E-state index in [0.717, 1.165) is 30.1 Å². The highest BCUT2D eigenvalue weighted by atomic mass is 32.1. The summed E-state index contributed by atoms with van der Waals surface area (Å²) in [6, 6.07) is 20.6. The second kappa shape index (κ2) is 16.1. The molecule has 186 valence electrons. The third-order valence-corrected chi connectivity index (χ3v) is 5.07. The summed E-state index contributed by atoms with van der Waals surface area (Å²) in [5, 5.41) is 9.79. The molecule has 2 N–H and O–H groups in total. The van der Waals surface area contributed by atoms with Crippen LogP contribution in [0.3, 0.4) is 0 Å². The molecule has 1 unspecified atom stereocenters. The first kappa shape index (κ1) is 29.5. The highest BCUT2D eigenvalue weighted by Gasteiger charge is 2.23. The van der Waals surface area contributed by atoms with E-state index >= 15 is 0 Å². The number of aliphatic hydroxyl groups excluding tert-OH is 1. The summed E-state index contributed by atoms with van der Waals surface area (Å²) in [6.07, 6.45) is 2.79. The van der Waals surface area contributed by atoms with Gasteiger partial charge in [-0.2, -0.15) is 0 Å². The van der Waals surface area contributed by atoms with Gasteiger partial charge in [-0.05, 0) is 31.0 Å².